The van der Waals surface area contributed by atoms with E-state index in [0.717, 1.165) is 13.0 Å². The van der Waals surface area contributed by atoms with Gasteiger partial charge >= 0.3 is 0 Å². The Labute approximate surface area is 129 Å². The first-order valence-electron chi connectivity index (χ1n) is 7.83. The second-order valence-corrected chi connectivity index (χ2v) is 7.09. The highest BCUT2D eigenvalue weighted by molar-refractivity contribution is 6.02. The zero-order valence-electron chi connectivity index (χ0n) is 13.1. The Bertz CT molecular complexity index is 556. The van der Waals surface area contributed by atoms with Gasteiger partial charge in [0.25, 0.3) is 5.91 Å². The molecule has 6 heteroatoms. The van der Waals surface area contributed by atoms with Gasteiger partial charge in [-0.15, -0.1) is 0 Å². The molecule has 120 valence electrons. The van der Waals surface area contributed by atoms with Gasteiger partial charge in [-0.25, -0.2) is 0 Å². The van der Waals surface area contributed by atoms with Gasteiger partial charge in [0.15, 0.2) is 11.5 Å². The van der Waals surface area contributed by atoms with Gasteiger partial charge in [0.2, 0.25) is 5.91 Å². The monoisotopic (exact) mass is 306 g/mol. The number of ketones is 1. The van der Waals surface area contributed by atoms with Crippen molar-refractivity contribution < 1.29 is 19.1 Å². The molecule has 1 spiro atoms. The number of piperidine rings is 1. The fourth-order valence-corrected chi connectivity index (χ4v) is 3.57. The summed E-state index contributed by atoms with van der Waals surface area (Å²) in [5.74, 6) is -0.0743. The summed E-state index contributed by atoms with van der Waals surface area (Å²) in [6.45, 7) is 5.39. The number of carbonyl (C=O) groups is 3. The van der Waals surface area contributed by atoms with Crippen molar-refractivity contribution in [3.05, 3.63) is 11.8 Å². The van der Waals surface area contributed by atoms with Crippen LogP contribution in [0.5, 0.6) is 0 Å². The SMILES string of the molecule is CC1(C)CC(=O)C=C(C(=O)N2CCC3(CCNC3=O)CC2)O1. The summed E-state index contributed by atoms with van der Waals surface area (Å²) in [6.07, 6.45) is 3.79. The Hall–Kier alpha value is -1.85. The zero-order valence-corrected chi connectivity index (χ0v) is 13.1. The van der Waals surface area contributed by atoms with Crippen LogP contribution in [0, 0.1) is 5.41 Å². The molecule has 22 heavy (non-hydrogen) atoms. The van der Waals surface area contributed by atoms with Crippen LogP contribution in [0.25, 0.3) is 0 Å². The van der Waals surface area contributed by atoms with E-state index in [9.17, 15) is 14.4 Å². The molecule has 0 atom stereocenters. The van der Waals surface area contributed by atoms with Crippen LogP contribution in [0.1, 0.15) is 39.5 Å². The molecule has 2 fully saturated rings. The van der Waals surface area contributed by atoms with Crippen molar-refractivity contribution in [2.24, 2.45) is 5.41 Å². The first kappa shape index (κ1) is 15.1. The number of allylic oxidation sites excluding steroid dienone is 1. The number of amides is 2. The highest BCUT2D eigenvalue weighted by Crippen LogP contribution is 2.38. The molecule has 2 saturated heterocycles. The lowest BCUT2D eigenvalue weighted by Gasteiger charge is -2.38. The van der Waals surface area contributed by atoms with Crippen LogP contribution in [0.15, 0.2) is 11.8 Å². The number of nitrogens with zero attached hydrogens (tertiary/aromatic N) is 1. The minimum Gasteiger partial charge on any atom is -0.481 e. The van der Waals surface area contributed by atoms with E-state index in [-0.39, 0.29) is 35.2 Å². The summed E-state index contributed by atoms with van der Waals surface area (Å²) in [5, 5.41) is 2.88. The van der Waals surface area contributed by atoms with Crippen LogP contribution in [-0.2, 0) is 19.1 Å². The largest absolute Gasteiger partial charge is 0.481 e. The van der Waals surface area contributed by atoms with Crippen molar-refractivity contribution in [3.63, 3.8) is 0 Å². The maximum atomic E-state index is 12.6. The molecule has 0 aromatic rings. The van der Waals surface area contributed by atoms with Crippen LogP contribution in [0.2, 0.25) is 0 Å². The van der Waals surface area contributed by atoms with Crippen LogP contribution in [0.4, 0.5) is 0 Å². The zero-order chi connectivity index (χ0) is 16.0. The van der Waals surface area contributed by atoms with E-state index in [4.69, 9.17) is 4.74 Å². The predicted molar refractivity (Wildman–Crippen MR) is 78.7 cm³/mol. The predicted octanol–water partition coefficient (Wildman–Crippen LogP) is 0.767. The van der Waals surface area contributed by atoms with Gasteiger partial charge in [-0.05, 0) is 33.1 Å². The van der Waals surface area contributed by atoms with Crippen LogP contribution >= 0.6 is 0 Å². The molecule has 3 rings (SSSR count). The normalized spacial score (nSPS) is 26.5. The van der Waals surface area contributed by atoms with E-state index in [1.165, 1.54) is 6.08 Å². The fourth-order valence-electron chi connectivity index (χ4n) is 3.57. The molecule has 3 aliphatic heterocycles. The summed E-state index contributed by atoms with van der Waals surface area (Å²) in [6, 6.07) is 0. The van der Waals surface area contributed by atoms with Crippen molar-refractivity contribution in [2.45, 2.75) is 45.1 Å². The van der Waals surface area contributed by atoms with Gasteiger partial charge in [-0.3, -0.25) is 14.4 Å². The molecular weight excluding hydrogens is 284 g/mol. The minimum absolute atomic E-state index is 0.0803. The number of hydrogen-bond donors (Lipinski definition) is 1. The van der Waals surface area contributed by atoms with Crippen LogP contribution in [0.3, 0.4) is 0 Å². The van der Waals surface area contributed by atoms with Gasteiger partial charge in [0.05, 0.1) is 5.41 Å². The van der Waals surface area contributed by atoms with Gasteiger partial charge in [0, 0.05) is 32.1 Å². The molecule has 1 N–H and O–H groups in total. The summed E-state index contributed by atoms with van der Waals surface area (Å²) in [7, 11) is 0. The molecule has 0 bridgehead atoms. The molecule has 0 aromatic heterocycles. The number of carbonyl (C=O) groups excluding carboxylic acids is 3. The number of ether oxygens (including phenoxy) is 1. The third kappa shape index (κ3) is 2.62. The topological polar surface area (TPSA) is 75.7 Å². The summed E-state index contributed by atoms with van der Waals surface area (Å²) in [5.41, 5.74) is -0.938. The highest BCUT2D eigenvalue weighted by Gasteiger charge is 2.45. The Kier molecular flexibility index (Phi) is 3.50. The van der Waals surface area contributed by atoms with Gasteiger partial charge in [0.1, 0.15) is 5.60 Å². The third-order valence-electron chi connectivity index (χ3n) is 4.87. The Morgan fingerprint density at radius 3 is 2.45 bits per heavy atom. The molecule has 0 radical (unpaired) electrons. The summed E-state index contributed by atoms with van der Waals surface area (Å²) in [4.78, 5) is 37.9. The van der Waals surface area contributed by atoms with E-state index < -0.39 is 5.60 Å². The van der Waals surface area contributed by atoms with E-state index in [2.05, 4.69) is 5.32 Å². The van der Waals surface area contributed by atoms with Gasteiger partial charge in [-0.2, -0.15) is 0 Å². The molecule has 3 heterocycles. The lowest BCUT2D eigenvalue weighted by atomic mass is 9.77. The third-order valence-corrected chi connectivity index (χ3v) is 4.87. The fraction of sp³-hybridized carbons (Fsp3) is 0.688. The van der Waals surface area contributed by atoms with E-state index >= 15 is 0 Å². The number of rotatable bonds is 1. The first-order chi connectivity index (χ1) is 10.3. The maximum Gasteiger partial charge on any atom is 0.289 e. The molecule has 0 aliphatic carbocycles. The molecule has 6 nitrogen and oxygen atoms in total. The Morgan fingerprint density at radius 1 is 1.23 bits per heavy atom. The van der Waals surface area contributed by atoms with E-state index in [0.29, 0.717) is 25.9 Å². The Balaban J connectivity index is 1.67. The van der Waals surface area contributed by atoms with Crippen LogP contribution < -0.4 is 5.32 Å². The molecule has 0 aromatic carbocycles. The molecule has 0 saturated carbocycles. The average Bonchev–Trinajstić information content (AvgIpc) is 2.78. The smallest absolute Gasteiger partial charge is 0.289 e. The quantitative estimate of drug-likeness (QED) is 0.776. The van der Waals surface area contributed by atoms with Crippen LogP contribution in [-0.4, -0.2) is 47.7 Å². The van der Waals surface area contributed by atoms with E-state index in [1.54, 1.807) is 18.7 Å². The van der Waals surface area contributed by atoms with Crippen molar-refractivity contribution in [1.29, 1.82) is 0 Å². The minimum atomic E-state index is -0.640. The lowest BCUT2D eigenvalue weighted by molar-refractivity contribution is -0.142. The molecule has 0 unspecified atom stereocenters. The first-order valence-corrected chi connectivity index (χ1v) is 7.83. The number of likely N-dealkylation sites (tertiary alicyclic amines) is 1. The van der Waals surface area contributed by atoms with Gasteiger partial charge < -0.3 is 15.0 Å². The second kappa shape index (κ2) is 5.11. The maximum absolute atomic E-state index is 12.6. The number of nitrogens with one attached hydrogen (secondary N) is 1. The Morgan fingerprint density at radius 2 is 1.91 bits per heavy atom. The lowest BCUT2D eigenvalue weighted by Crippen LogP contribution is -2.47. The van der Waals surface area contributed by atoms with Crippen molar-refractivity contribution in [1.82, 2.24) is 10.2 Å². The standard InChI is InChI=1S/C16H22N2O4/c1-15(2)10-11(19)9-12(22-15)13(20)18-7-4-16(5-8-18)3-6-17-14(16)21/h9H,3-8,10H2,1-2H3,(H,17,21). The summed E-state index contributed by atoms with van der Waals surface area (Å²) >= 11 is 0. The van der Waals surface area contributed by atoms with E-state index in [1.807, 2.05) is 0 Å². The molecular formula is C16H22N2O4. The molecule has 2 amide bonds. The molecule has 3 aliphatic rings. The average molecular weight is 306 g/mol. The van der Waals surface area contributed by atoms with Crippen molar-refractivity contribution in [3.8, 4) is 0 Å². The van der Waals surface area contributed by atoms with Gasteiger partial charge in [-0.1, -0.05) is 0 Å². The van der Waals surface area contributed by atoms with Crippen molar-refractivity contribution in [2.75, 3.05) is 19.6 Å². The number of hydrogen-bond acceptors (Lipinski definition) is 4. The highest BCUT2D eigenvalue weighted by atomic mass is 16.5. The summed E-state index contributed by atoms with van der Waals surface area (Å²) < 4.78 is 5.67. The van der Waals surface area contributed by atoms with Crippen molar-refractivity contribution >= 4 is 17.6 Å². The second-order valence-electron chi connectivity index (χ2n) is 7.09.